The Kier molecular flexibility index (Phi) is 4.77. The Labute approximate surface area is 147 Å². The molecule has 3 rings (SSSR count). The standard InChI is InChI=1S/C17H21N3O4S/c1-12-6-4-5-7-15(12)17(21)20-14(3)16(13(2)18-20)25(22,23)19-8-10-24-11-9-19/h4-7H,8-11H2,1-3H3. The van der Waals surface area contributed by atoms with E-state index in [0.717, 1.165) is 5.56 Å². The SMILES string of the molecule is Cc1ccccc1C(=O)n1nc(C)c(S(=O)(=O)N2CCOCC2)c1C. The Balaban J connectivity index is 2.04. The van der Waals surface area contributed by atoms with Crippen LogP contribution in [0.1, 0.15) is 27.3 Å². The molecule has 7 nitrogen and oxygen atoms in total. The van der Waals surface area contributed by atoms with E-state index in [1.165, 1.54) is 8.99 Å². The summed E-state index contributed by atoms with van der Waals surface area (Å²) in [5, 5.41) is 4.22. The van der Waals surface area contributed by atoms with Crippen LogP contribution in [0.3, 0.4) is 0 Å². The van der Waals surface area contributed by atoms with Crippen LogP contribution in [0.4, 0.5) is 0 Å². The molecule has 1 aromatic heterocycles. The summed E-state index contributed by atoms with van der Waals surface area (Å²) in [5.74, 6) is -0.331. The van der Waals surface area contributed by atoms with E-state index >= 15 is 0 Å². The zero-order valence-corrected chi connectivity index (χ0v) is 15.3. The summed E-state index contributed by atoms with van der Waals surface area (Å²) in [5.41, 5.74) is 1.98. The fourth-order valence-corrected chi connectivity index (χ4v) is 4.80. The highest BCUT2D eigenvalue weighted by Gasteiger charge is 2.33. The molecule has 0 radical (unpaired) electrons. The van der Waals surface area contributed by atoms with E-state index < -0.39 is 10.0 Å². The van der Waals surface area contributed by atoms with E-state index in [2.05, 4.69) is 5.10 Å². The number of ether oxygens (including phenoxy) is 1. The van der Waals surface area contributed by atoms with Gasteiger partial charge in [-0.1, -0.05) is 18.2 Å². The van der Waals surface area contributed by atoms with E-state index in [1.54, 1.807) is 26.0 Å². The van der Waals surface area contributed by atoms with Crippen LogP contribution in [0.15, 0.2) is 29.2 Å². The van der Waals surface area contributed by atoms with Gasteiger partial charge in [0.05, 0.1) is 24.6 Å². The monoisotopic (exact) mass is 363 g/mol. The van der Waals surface area contributed by atoms with Gasteiger partial charge in [0.1, 0.15) is 4.90 Å². The lowest BCUT2D eigenvalue weighted by molar-refractivity contribution is 0.0730. The molecule has 0 spiro atoms. The van der Waals surface area contributed by atoms with Crippen LogP contribution < -0.4 is 0 Å². The summed E-state index contributed by atoms with van der Waals surface area (Å²) >= 11 is 0. The maximum atomic E-state index is 13.0. The number of benzene rings is 1. The number of carbonyl (C=O) groups is 1. The molecule has 134 valence electrons. The molecular formula is C17H21N3O4S. The molecule has 8 heteroatoms. The van der Waals surface area contributed by atoms with Crippen LogP contribution in [-0.2, 0) is 14.8 Å². The van der Waals surface area contributed by atoms with E-state index in [1.807, 2.05) is 19.1 Å². The molecule has 25 heavy (non-hydrogen) atoms. The zero-order chi connectivity index (χ0) is 18.2. The summed E-state index contributed by atoms with van der Waals surface area (Å²) in [6.45, 7) is 6.41. The van der Waals surface area contributed by atoms with Crippen molar-refractivity contribution in [2.75, 3.05) is 26.3 Å². The van der Waals surface area contributed by atoms with E-state index in [-0.39, 0.29) is 10.8 Å². The number of nitrogens with zero attached hydrogens (tertiary/aromatic N) is 3. The number of aromatic nitrogens is 2. The van der Waals surface area contributed by atoms with Crippen molar-refractivity contribution in [2.24, 2.45) is 0 Å². The van der Waals surface area contributed by atoms with Gasteiger partial charge in [-0.15, -0.1) is 0 Å². The second-order valence-electron chi connectivity index (χ2n) is 6.05. The van der Waals surface area contributed by atoms with Crippen molar-refractivity contribution in [3.8, 4) is 0 Å². The molecule has 2 heterocycles. The molecule has 0 amide bonds. The molecular weight excluding hydrogens is 342 g/mol. The maximum Gasteiger partial charge on any atom is 0.278 e. The first-order chi connectivity index (χ1) is 11.8. The minimum absolute atomic E-state index is 0.108. The molecule has 1 aliphatic rings. The molecule has 0 bridgehead atoms. The van der Waals surface area contributed by atoms with Crippen molar-refractivity contribution >= 4 is 15.9 Å². The predicted octanol–water partition coefficient (Wildman–Crippen LogP) is 1.52. The first kappa shape index (κ1) is 17.8. The third kappa shape index (κ3) is 3.12. The smallest absolute Gasteiger partial charge is 0.278 e. The topological polar surface area (TPSA) is 81.5 Å². The summed E-state index contributed by atoms with van der Waals surface area (Å²) in [6, 6.07) is 7.17. The average Bonchev–Trinajstić information content (AvgIpc) is 2.90. The van der Waals surface area contributed by atoms with E-state index in [4.69, 9.17) is 4.74 Å². The lowest BCUT2D eigenvalue weighted by Crippen LogP contribution is -2.41. The van der Waals surface area contributed by atoms with Crippen molar-refractivity contribution in [3.63, 3.8) is 0 Å². The first-order valence-electron chi connectivity index (χ1n) is 8.08. The van der Waals surface area contributed by atoms with Crippen LogP contribution >= 0.6 is 0 Å². The third-order valence-electron chi connectivity index (χ3n) is 4.36. The summed E-state index contributed by atoms with van der Waals surface area (Å²) < 4.78 is 33.7. The minimum Gasteiger partial charge on any atom is -0.379 e. The van der Waals surface area contributed by atoms with Crippen LogP contribution in [0.2, 0.25) is 0 Å². The lowest BCUT2D eigenvalue weighted by atomic mass is 10.1. The minimum atomic E-state index is -3.71. The molecule has 0 N–H and O–H groups in total. The Hall–Kier alpha value is -2.03. The Bertz CT molecular complexity index is 912. The average molecular weight is 363 g/mol. The molecule has 1 fully saturated rings. The normalized spacial score (nSPS) is 16.1. The number of hydrogen-bond donors (Lipinski definition) is 0. The predicted molar refractivity (Wildman–Crippen MR) is 92.2 cm³/mol. The molecule has 0 unspecified atom stereocenters. The number of aryl methyl sites for hydroxylation is 2. The van der Waals surface area contributed by atoms with Crippen LogP contribution in [-0.4, -0.2) is 54.7 Å². The van der Waals surface area contributed by atoms with Crippen molar-refractivity contribution in [3.05, 3.63) is 46.8 Å². The van der Waals surface area contributed by atoms with Crippen LogP contribution in [0.25, 0.3) is 0 Å². The summed E-state index contributed by atoms with van der Waals surface area (Å²) in [6.07, 6.45) is 0. The Morgan fingerprint density at radius 1 is 1.12 bits per heavy atom. The summed E-state index contributed by atoms with van der Waals surface area (Å²) in [7, 11) is -3.71. The molecule has 1 aliphatic heterocycles. The molecule has 1 saturated heterocycles. The van der Waals surface area contributed by atoms with Crippen molar-refractivity contribution in [1.29, 1.82) is 0 Å². The molecule has 0 aliphatic carbocycles. The lowest BCUT2D eigenvalue weighted by Gasteiger charge is -2.26. The number of rotatable bonds is 3. The van der Waals surface area contributed by atoms with Gasteiger partial charge >= 0.3 is 0 Å². The van der Waals surface area contributed by atoms with Gasteiger partial charge in [-0.2, -0.15) is 14.1 Å². The quantitative estimate of drug-likeness (QED) is 0.826. The van der Waals surface area contributed by atoms with Gasteiger partial charge < -0.3 is 4.74 Å². The van der Waals surface area contributed by atoms with E-state index in [9.17, 15) is 13.2 Å². The molecule has 1 aromatic carbocycles. The highest BCUT2D eigenvalue weighted by atomic mass is 32.2. The van der Waals surface area contributed by atoms with Crippen molar-refractivity contribution in [2.45, 2.75) is 25.7 Å². The number of hydrogen-bond acceptors (Lipinski definition) is 5. The maximum absolute atomic E-state index is 13.0. The Morgan fingerprint density at radius 3 is 2.40 bits per heavy atom. The van der Waals surface area contributed by atoms with Crippen molar-refractivity contribution in [1.82, 2.24) is 14.1 Å². The molecule has 0 atom stereocenters. The van der Waals surface area contributed by atoms with Gasteiger partial charge in [-0.25, -0.2) is 8.42 Å². The van der Waals surface area contributed by atoms with Gasteiger partial charge in [0.25, 0.3) is 5.91 Å². The second-order valence-corrected chi connectivity index (χ2v) is 7.92. The van der Waals surface area contributed by atoms with Crippen LogP contribution in [0.5, 0.6) is 0 Å². The fraction of sp³-hybridized carbons (Fsp3) is 0.412. The first-order valence-corrected chi connectivity index (χ1v) is 9.52. The van der Waals surface area contributed by atoms with Gasteiger partial charge in [-0.05, 0) is 32.4 Å². The fourth-order valence-electron chi connectivity index (χ4n) is 3.04. The zero-order valence-electron chi connectivity index (χ0n) is 14.5. The highest BCUT2D eigenvalue weighted by molar-refractivity contribution is 7.89. The van der Waals surface area contributed by atoms with Gasteiger partial charge in [0.2, 0.25) is 10.0 Å². The van der Waals surface area contributed by atoms with E-state index in [0.29, 0.717) is 43.3 Å². The van der Waals surface area contributed by atoms with Gasteiger partial charge in [-0.3, -0.25) is 4.79 Å². The van der Waals surface area contributed by atoms with Crippen molar-refractivity contribution < 1.29 is 17.9 Å². The molecule has 0 saturated carbocycles. The van der Waals surface area contributed by atoms with Gasteiger partial charge in [0, 0.05) is 18.7 Å². The van der Waals surface area contributed by atoms with Gasteiger partial charge in [0.15, 0.2) is 0 Å². The summed E-state index contributed by atoms with van der Waals surface area (Å²) in [4.78, 5) is 12.9. The number of morpholine rings is 1. The second kappa shape index (κ2) is 6.70. The highest BCUT2D eigenvalue weighted by Crippen LogP contribution is 2.25. The largest absolute Gasteiger partial charge is 0.379 e. The number of carbonyl (C=O) groups excluding carboxylic acids is 1. The molecule has 2 aromatic rings. The number of sulfonamides is 1. The van der Waals surface area contributed by atoms with Crippen LogP contribution in [0, 0.1) is 20.8 Å². The Morgan fingerprint density at radius 2 is 1.76 bits per heavy atom. The third-order valence-corrected chi connectivity index (χ3v) is 6.51.